The van der Waals surface area contributed by atoms with Crippen molar-refractivity contribution in [2.75, 3.05) is 0 Å². The topological polar surface area (TPSA) is 51.2 Å². The molecule has 5 saturated carbocycles. The SMILES string of the molecule is C[C@H]1C(=O)CC(=O)[C@H]2[C@]3(C)CC[C@@]4(C)[C@@H]5CC(C)(C)CC[C@]5(C)CC[C@]4(C)[C@H]3CC[C@]12C=O. The minimum Gasteiger partial charge on any atom is -0.303 e. The zero-order valence-corrected chi connectivity index (χ0v) is 22.2. The number of rotatable bonds is 1. The second-order valence-electron chi connectivity index (χ2n) is 15.0. The van der Waals surface area contributed by atoms with E-state index in [-0.39, 0.29) is 46.1 Å². The van der Waals surface area contributed by atoms with Gasteiger partial charge in [-0.05, 0) is 96.7 Å². The van der Waals surface area contributed by atoms with E-state index in [4.69, 9.17) is 0 Å². The molecule has 5 rings (SSSR count). The lowest BCUT2D eigenvalue weighted by atomic mass is 9.30. The predicted molar refractivity (Wildman–Crippen MR) is 131 cm³/mol. The maximum Gasteiger partial charge on any atom is 0.144 e. The summed E-state index contributed by atoms with van der Waals surface area (Å²) in [7, 11) is 0. The molecule has 3 heteroatoms. The van der Waals surface area contributed by atoms with Crippen molar-refractivity contribution in [1.29, 1.82) is 0 Å². The molecule has 3 nitrogen and oxygen atoms in total. The summed E-state index contributed by atoms with van der Waals surface area (Å²) in [6.07, 6.45) is 11.4. The molecule has 0 N–H and O–H groups in total. The molecule has 0 aromatic heterocycles. The van der Waals surface area contributed by atoms with Crippen LogP contribution in [0, 0.1) is 56.2 Å². The van der Waals surface area contributed by atoms with Gasteiger partial charge in [-0.15, -0.1) is 0 Å². The van der Waals surface area contributed by atoms with Gasteiger partial charge in [0.1, 0.15) is 17.9 Å². The van der Waals surface area contributed by atoms with E-state index in [9.17, 15) is 14.4 Å². The van der Waals surface area contributed by atoms with Crippen LogP contribution in [0.1, 0.15) is 113 Å². The molecule has 0 bridgehead atoms. The molecular weight excluding hydrogens is 408 g/mol. The monoisotopic (exact) mass is 454 g/mol. The Labute approximate surface area is 201 Å². The average Bonchev–Trinajstić information content (AvgIpc) is 2.74. The normalized spacial score (nSPS) is 55.6. The summed E-state index contributed by atoms with van der Waals surface area (Å²) in [5.74, 6) is 0.592. The van der Waals surface area contributed by atoms with E-state index in [1.165, 1.54) is 32.1 Å². The highest BCUT2D eigenvalue weighted by Gasteiger charge is 2.72. The van der Waals surface area contributed by atoms with Crippen LogP contribution < -0.4 is 0 Å². The van der Waals surface area contributed by atoms with E-state index in [1.807, 2.05) is 6.92 Å². The van der Waals surface area contributed by atoms with Gasteiger partial charge in [-0.3, -0.25) is 9.59 Å². The van der Waals surface area contributed by atoms with E-state index in [0.717, 1.165) is 31.5 Å². The van der Waals surface area contributed by atoms with Crippen molar-refractivity contribution in [2.24, 2.45) is 56.2 Å². The van der Waals surface area contributed by atoms with Gasteiger partial charge in [0.05, 0.1) is 6.42 Å². The lowest BCUT2D eigenvalue weighted by molar-refractivity contribution is -0.250. The van der Waals surface area contributed by atoms with Crippen LogP contribution in [0.2, 0.25) is 0 Å². The van der Waals surface area contributed by atoms with Gasteiger partial charge in [-0.1, -0.05) is 48.5 Å². The highest BCUT2D eigenvalue weighted by Crippen LogP contribution is 2.77. The molecule has 0 aromatic carbocycles. The Kier molecular flexibility index (Phi) is 4.90. The molecule has 0 spiro atoms. The Morgan fingerprint density at radius 1 is 0.758 bits per heavy atom. The third-order valence-electron chi connectivity index (χ3n) is 13.3. The number of hydrogen-bond acceptors (Lipinski definition) is 3. The number of hydrogen-bond donors (Lipinski definition) is 0. The van der Waals surface area contributed by atoms with E-state index >= 15 is 0 Å². The average molecular weight is 455 g/mol. The molecule has 0 amide bonds. The first-order valence-electron chi connectivity index (χ1n) is 13.7. The Bertz CT molecular complexity index is 904. The second-order valence-corrected chi connectivity index (χ2v) is 15.0. The molecule has 5 aliphatic carbocycles. The summed E-state index contributed by atoms with van der Waals surface area (Å²) < 4.78 is 0. The summed E-state index contributed by atoms with van der Waals surface area (Å²) in [5, 5.41) is 0. The maximum absolute atomic E-state index is 13.5. The minimum absolute atomic E-state index is 0.0184. The summed E-state index contributed by atoms with van der Waals surface area (Å²) in [6.45, 7) is 16.9. The fourth-order valence-electron chi connectivity index (χ4n) is 10.9. The first kappa shape index (κ1) is 23.7. The Balaban J connectivity index is 1.59. The smallest absolute Gasteiger partial charge is 0.144 e. The second kappa shape index (κ2) is 6.82. The molecule has 33 heavy (non-hydrogen) atoms. The number of carbonyl (C=O) groups is 3. The summed E-state index contributed by atoms with van der Waals surface area (Å²) >= 11 is 0. The van der Waals surface area contributed by atoms with Gasteiger partial charge >= 0.3 is 0 Å². The van der Waals surface area contributed by atoms with Crippen LogP contribution in [0.4, 0.5) is 0 Å². The van der Waals surface area contributed by atoms with Gasteiger partial charge in [0, 0.05) is 17.3 Å². The molecule has 5 aliphatic rings. The molecule has 0 radical (unpaired) electrons. The maximum atomic E-state index is 13.5. The lowest BCUT2D eigenvalue weighted by Crippen LogP contribution is -2.69. The predicted octanol–water partition coefficient (Wildman–Crippen LogP) is 6.82. The van der Waals surface area contributed by atoms with Gasteiger partial charge in [-0.25, -0.2) is 0 Å². The number of aldehydes is 1. The van der Waals surface area contributed by atoms with Gasteiger partial charge in [0.15, 0.2) is 0 Å². The van der Waals surface area contributed by atoms with Crippen molar-refractivity contribution >= 4 is 17.9 Å². The van der Waals surface area contributed by atoms with Crippen molar-refractivity contribution in [3.8, 4) is 0 Å². The van der Waals surface area contributed by atoms with Gasteiger partial charge in [0.25, 0.3) is 0 Å². The van der Waals surface area contributed by atoms with Crippen LogP contribution in [0.5, 0.6) is 0 Å². The molecule has 184 valence electrons. The Morgan fingerprint density at radius 2 is 1.36 bits per heavy atom. The third kappa shape index (κ3) is 2.77. The fourth-order valence-corrected chi connectivity index (χ4v) is 10.9. The summed E-state index contributed by atoms with van der Waals surface area (Å²) in [5.41, 5.74) is 0.315. The van der Waals surface area contributed by atoms with Crippen LogP contribution in [0.25, 0.3) is 0 Å². The van der Waals surface area contributed by atoms with Crippen molar-refractivity contribution in [3.05, 3.63) is 0 Å². The van der Waals surface area contributed by atoms with E-state index in [0.29, 0.717) is 23.2 Å². The standard InChI is InChI=1S/C30H46O3/c1-19-20(32)16-21(33)24-27(5)13-15-29(7)23-17-25(2,3)10-11-26(23,4)12-14-28(29,6)22(27)8-9-30(19,24)18-31/h18-19,22-24H,8-17H2,1-7H3/t19-,22-,23+,24-,26+,27+,28+,29-,30-/m0/s1. The zero-order valence-electron chi connectivity index (χ0n) is 22.2. The van der Waals surface area contributed by atoms with Crippen molar-refractivity contribution in [2.45, 2.75) is 113 Å². The number of fused-ring (bicyclic) bond motifs is 7. The first-order valence-corrected chi connectivity index (χ1v) is 13.7. The molecule has 9 atom stereocenters. The fraction of sp³-hybridized carbons (Fsp3) is 0.900. The Hall–Kier alpha value is -0.990. The van der Waals surface area contributed by atoms with Crippen LogP contribution in [-0.4, -0.2) is 17.9 Å². The molecule has 5 fully saturated rings. The first-order chi connectivity index (χ1) is 15.2. The van der Waals surface area contributed by atoms with Crippen molar-refractivity contribution in [1.82, 2.24) is 0 Å². The van der Waals surface area contributed by atoms with Gasteiger partial charge < -0.3 is 4.79 Å². The van der Waals surface area contributed by atoms with Crippen LogP contribution in [-0.2, 0) is 14.4 Å². The summed E-state index contributed by atoms with van der Waals surface area (Å²) in [4.78, 5) is 38.9. The summed E-state index contributed by atoms with van der Waals surface area (Å²) in [6, 6.07) is 0. The molecule has 0 aromatic rings. The Morgan fingerprint density at radius 3 is 2.03 bits per heavy atom. The molecule has 0 saturated heterocycles. The van der Waals surface area contributed by atoms with E-state index < -0.39 is 5.41 Å². The van der Waals surface area contributed by atoms with E-state index in [2.05, 4.69) is 41.5 Å². The minimum atomic E-state index is -0.780. The zero-order chi connectivity index (χ0) is 24.2. The van der Waals surface area contributed by atoms with Crippen LogP contribution in [0.3, 0.4) is 0 Å². The molecule has 0 aliphatic heterocycles. The van der Waals surface area contributed by atoms with E-state index in [1.54, 1.807) is 0 Å². The molecule has 0 unspecified atom stereocenters. The molecular formula is C30H46O3. The van der Waals surface area contributed by atoms with Gasteiger partial charge in [-0.2, -0.15) is 0 Å². The largest absolute Gasteiger partial charge is 0.303 e. The number of Topliss-reactive ketones (excluding diaryl/α,β-unsaturated/α-hetero) is 2. The number of carbonyl (C=O) groups excluding carboxylic acids is 3. The quantitative estimate of drug-likeness (QED) is 0.323. The third-order valence-corrected chi connectivity index (χ3v) is 13.3. The van der Waals surface area contributed by atoms with Crippen molar-refractivity contribution < 1.29 is 14.4 Å². The number of ketones is 2. The lowest BCUT2D eigenvalue weighted by Gasteiger charge is -2.74. The van der Waals surface area contributed by atoms with Gasteiger partial charge in [0.2, 0.25) is 0 Å². The van der Waals surface area contributed by atoms with Crippen molar-refractivity contribution in [3.63, 3.8) is 0 Å². The van der Waals surface area contributed by atoms with Crippen LogP contribution in [0.15, 0.2) is 0 Å². The molecule has 0 heterocycles. The highest BCUT2D eigenvalue weighted by molar-refractivity contribution is 6.07. The highest BCUT2D eigenvalue weighted by atomic mass is 16.2. The van der Waals surface area contributed by atoms with Crippen LogP contribution >= 0.6 is 0 Å².